The molecule has 0 spiro atoms. The van der Waals surface area contributed by atoms with Gasteiger partial charge in [0, 0.05) is 11.6 Å². The molecule has 0 atom stereocenters. The molecule has 2 aromatic rings. The Morgan fingerprint density at radius 3 is 2.61 bits per heavy atom. The van der Waals surface area contributed by atoms with Crippen molar-refractivity contribution >= 4 is 17.9 Å². The topological polar surface area (TPSA) is 42.9 Å². The van der Waals surface area contributed by atoms with Crippen LogP contribution < -0.4 is 0 Å². The van der Waals surface area contributed by atoms with Crippen molar-refractivity contribution in [3.63, 3.8) is 0 Å². The molecule has 0 N–H and O–H groups in total. The number of carbonyl (C=O) groups is 1. The highest BCUT2D eigenvalue weighted by molar-refractivity contribution is 6.32. The number of aldehydes is 1. The lowest BCUT2D eigenvalue weighted by Crippen LogP contribution is -2.01. The van der Waals surface area contributed by atoms with Gasteiger partial charge in [0.05, 0.1) is 11.3 Å². The summed E-state index contributed by atoms with van der Waals surface area (Å²) in [5.41, 5.74) is 0.0404. The summed E-state index contributed by atoms with van der Waals surface area (Å²) < 4.78 is 26.5. The molecule has 1 aromatic heterocycles. The molecule has 3 nitrogen and oxygen atoms in total. The second-order valence-electron chi connectivity index (χ2n) is 3.57. The van der Waals surface area contributed by atoms with Crippen LogP contribution in [0.15, 0.2) is 18.2 Å². The van der Waals surface area contributed by atoms with Gasteiger partial charge in [0.15, 0.2) is 6.29 Å². The van der Waals surface area contributed by atoms with Gasteiger partial charge in [-0.1, -0.05) is 11.6 Å². The van der Waals surface area contributed by atoms with Crippen molar-refractivity contribution in [1.29, 1.82) is 0 Å². The lowest BCUT2D eigenvalue weighted by molar-refractivity contribution is 0.112. The number of hydrogen-bond acceptors (Lipinski definition) is 3. The molecule has 0 saturated carbocycles. The Bertz CT molecular complexity index is 632. The Morgan fingerprint density at radius 1 is 1.28 bits per heavy atom. The van der Waals surface area contributed by atoms with Gasteiger partial charge >= 0.3 is 0 Å². The minimum Gasteiger partial charge on any atom is -0.298 e. The fourth-order valence-corrected chi connectivity index (χ4v) is 1.79. The standard InChI is InChI=1S/C12H7ClF2N2O/c1-6-16-11(9(5-18)12(13)17-6)8-3-2-7(14)4-10(8)15/h2-5H,1H3. The van der Waals surface area contributed by atoms with Gasteiger partial charge in [0.25, 0.3) is 0 Å². The van der Waals surface area contributed by atoms with E-state index in [-0.39, 0.29) is 22.0 Å². The Morgan fingerprint density at radius 2 is 2.00 bits per heavy atom. The number of halogens is 3. The Kier molecular flexibility index (Phi) is 3.34. The minimum atomic E-state index is -0.813. The highest BCUT2D eigenvalue weighted by atomic mass is 35.5. The number of benzene rings is 1. The Balaban J connectivity index is 2.73. The van der Waals surface area contributed by atoms with Crippen molar-refractivity contribution < 1.29 is 13.6 Å². The third kappa shape index (κ3) is 2.22. The molecule has 92 valence electrons. The first kappa shape index (κ1) is 12.6. The van der Waals surface area contributed by atoms with E-state index in [2.05, 4.69) is 9.97 Å². The largest absolute Gasteiger partial charge is 0.298 e. The van der Waals surface area contributed by atoms with Crippen molar-refractivity contribution in [3.05, 3.63) is 46.4 Å². The van der Waals surface area contributed by atoms with Crippen molar-refractivity contribution in [3.8, 4) is 11.3 Å². The van der Waals surface area contributed by atoms with Crippen LogP contribution in [0.2, 0.25) is 5.15 Å². The predicted molar refractivity (Wildman–Crippen MR) is 62.5 cm³/mol. The lowest BCUT2D eigenvalue weighted by atomic mass is 10.1. The van der Waals surface area contributed by atoms with E-state index in [0.29, 0.717) is 12.1 Å². The molecule has 0 aliphatic heterocycles. The minimum absolute atomic E-state index is 0.00546. The summed E-state index contributed by atoms with van der Waals surface area (Å²) in [5.74, 6) is -1.22. The summed E-state index contributed by atoms with van der Waals surface area (Å²) in [6.07, 6.45) is 0.444. The van der Waals surface area contributed by atoms with E-state index in [1.807, 2.05) is 0 Å². The number of aryl methyl sites for hydroxylation is 1. The van der Waals surface area contributed by atoms with Gasteiger partial charge < -0.3 is 0 Å². The van der Waals surface area contributed by atoms with Crippen molar-refractivity contribution in [2.24, 2.45) is 0 Å². The van der Waals surface area contributed by atoms with Gasteiger partial charge in [-0.2, -0.15) is 0 Å². The van der Waals surface area contributed by atoms with Gasteiger partial charge in [-0.25, -0.2) is 18.7 Å². The summed E-state index contributed by atoms with van der Waals surface area (Å²) in [5, 5.41) is -0.0591. The molecule has 0 radical (unpaired) electrons. The van der Waals surface area contributed by atoms with E-state index < -0.39 is 11.6 Å². The maximum atomic E-state index is 13.7. The molecule has 0 aliphatic carbocycles. The molecule has 0 saturated heterocycles. The molecule has 0 amide bonds. The number of carbonyl (C=O) groups excluding carboxylic acids is 1. The molecule has 0 unspecified atom stereocenters. The molecule has 0 bridgehead atoms. The number of rotatable bonds is 2. The Labute approximate surface area is 106 Å². The van der Waals surface area contributed by atoms with Crippen LogP contribution in [0.25, 0.3) is 11.3 Å². The zero-order chi connectivity index (χ0) is 13.3. The first-order chi connectivity index (χ1) is 8.52. The summed E-state index contributed by atoms with van der Waals surface area (Å²) in [6, 6.07) is 3.00. The average molecular weight is 269 g/mol. The van der Waals surface area contributed by atoms with E-state index in [1.54, 1.807) is 6.92 Å². The molecule has 1 heterocycles. The van der Waals surface area contributed by atoms with Crippen LogP contribution in [0.5, 0.6) is 0 Å². The van der Waals surface area contributed by atoms with E-state index in [9.17, 15) is 13.6 Å². The molecule has 0 fully saturated rings. The molecule has 2 rings (SSSR count). The van der Waals surface area contributed by atoms with Crippen molar-refractivity contribution in [2.45, 2.75) is 6.92 Å². The molecule has 1 aromatic carbocycles. The third-order valence-electron chi connectivity index (χ3n) is 2.32. The van der Waals surface area contributed by atoms with Gasteiger partial charge in [-0.05, 0) is 19.1 Å². The molecule has 0 aliphatic rings. The van der Waals surface area contributed by atoms with E-state index in [4.69, 9.17) is 11.6 Å². The highest BCUT2D eigenvalue weighted by Crippen LogP contribution is 2.27. The normalized spacial score (nSPS) is 10.4. The van der Waals surface area contributed by atoms with E-state index in [1.165, 1.54) is 6.07 Å². The molecule has 18 heavy (non-hydrogen) atoms. The van der Waals surface area contributed by atoms with Crippen molar-refractivity contribution in [1.82, 2.24) is 9.97 Å². The SMILES string of the molecule is Cc1nc(Cl)c(C=O)c(-c2ccc(F)cc2F)n1. The monoisotopic (exact) mass is 268 g/mol. The highest BCUT2D eigenvalue weighted by Gasteiger charge is 2.16. The zero-order valence-corrected chi connectivity index (χ0v) is 10.0. The van der Waals surface area contributed by atoms with Gasteiger partial charge in [-0.3, -0.25) is 4.79 Å². The molecular weight excluding hydrogens is 262 g/mol. The molecular formula is C12H7ClF2N2O. The van der Waals surface area contributed by atoms with Crippen LogP contribution in [0.1, 0.15) is 16.2 Å². The first-order valence-electron chi connectivity index (χ1n) is 4.97. The van der Waals surface area contributed by atoms with Gasteiger partial charge in [0.2, 0.25) is 0 Å². The average Bonchev–Trinajstić information content (AvgIpc) is 2.28. The number of hydrogen-bond donors (Lipinski definition) is 0. The van der Waals surface area contributed by atoms with E-state index >= 15 is 0 Å². The quantitative estimate of drug-likeness (QED) is 0.620. The lowest BCUT2D eigenvalue weighted by Gasteiger charge is -2.07. The fraction of sp³-hybridized carbons (Fsp3) is 0.0833. The van der Waals surface area contributed by atoms with Crippen LogP contribution in [0.3, 0.4) is 0 Å². The van der Waals surface area contributed by atoms with Crippen LogP contribution >= 0.6 is 11.6 Å². The van der Waals surface area contributed by atoms with Crippen LogP contribution in [-0.2, 0) is 0 Å². The third-order valence-corrected chi connectivity index (χ3v) is 2.60. The second kappa shape index (κ2) is 4.78. The maximum absolute atomic E-state index is 13.7. The number of aromatic nitrogens is 2. The van der Waals surface area contributed by atoms with Crippen molar-refractivity contribution in [2.75, 3.05) is 0 Å². The predicted octanol–water partition coefficient (Wildman–Crippen LogP) is 3.20. The summed E-state index contributed by atoms with van der Waals surface area (Å²) in [7, 11) is 0. The van der Waals surface area contributed by atoms with Crippen LogP contribution in [-0.4, -0.2) is 16.3 Å². The smallest absolute Gasteiger partial charge is 0.155 e. The fourth-order valence-electron chi connectivity index (χ4n) is 1.54. The van der Waals surface area contributed by atoms with Gasteiger partial charge in [0.1, 0.15) is 22.6 Å². The maximum Gasteiger partial charge on any atom is 0.155 e. The number of nitrogens with zero attached hydrogens (tertiary/aromatic N) is 2. The molecule has 6 heteroatoms. The van der Waals surface area contributed by atoms with Gasteiger partial charge in [-0.15, -0.1) is 0 Å². The Hall–Kier alpha value is -1.88. The van der Waals surface area contributed by atoms with Crippen LogP contribution in [0, 0.1) is 18.6 Å². The summed E-state index contributed by atoms with van der Waals surface area (Å²) >= 11 is 5.79. The van der Waals surface area contributed by atoms with E-state index in [0.717, 1.165) is 12.1 Å². The first-order valence-corrected chi connectivity index (χ1v) is 5.35. The summed E-state index contributed by atoms with van der Waals surface area (Å²) in [4.78, 5) is 18.7. The summed E-state index contributed by atoms with van der Waals surface area (Å²) in [6.45, 7) is 1.56. The van der Waals surface area contributed by atoms with Crippen LogP contribution in [0.4, 0.5) is 8.78 Å². The second-order valence-corrected chi connectivity index (χ2v) is 3.92. The zero-order valence-electron chi connectivity index (χ0n) is 9.25.